The third-order valence-electron chi connectivity index (χ3n) is 3.80. The maximum atomic E-state index is 9.54. The van der Waals surface area contributed by atoms with Crippen LogP contribution in [-0.4, -0.2) is 13.2 Å². The van der Waals surface area contributed by atoms with Crippen LogP contribution in [0, 0.1) is 11.3 Å². The van der Waals surface area contributed by atoms with E-state index < -0.39 is 0 Å². The summed E-state index contributed by atoms with van der Waals surface area (Å²) in [5, 5.41) is 10.9. The summed E-state index contributed by atoms with van der Waals surface area (Å²) >= 11 is 18.5. The maximum Gasteiger partial charge on any atom is 0.180 e. The van der Waals surface area contributed by atoms with Crippen molar-refractivity contribution >= 4 is 46.5 Å². The van der Waals surface area contributed by atoms with Gasteiger partial charge in [-0.05, 0) is 49.2 Å². The van der Waals surface area contributed by atoms with Crippen LogP contribution in [0.3, 0.4) is 0 Å². The summed E-state index contributed by atoms with van der Waals surface area (Å²) in [6, 6.07) is 10.6. The molecule has 136 valence electrons. The Bertz CT molecular complexity index is 872. The molecule has 0 aromatic heterocycles. The number of rotatable bonds is 6. The van der Waals surface area contributed by atoms with E-state index in [0.717, 1.165) is 6.42 Å². The molecule has 0 heterocycles. The number of nitrogens with zero attached hydrogens (tertiary/aromatic N) is 1. The van der Waals surface area contributed by atoms with E-state index in [1.807, 2.05) is 13.8 Å². The van der Waals surface area contributed by atoms with Crippen LogP contribution in [0.2, 0.25) is 15.1 Å². The van der Waals surface area contributed by atoms with Gasteiger partial charge in [0.2, 0.25) is 0 Å². The highest BCUT2D eigenvalue weighted by molar-refractivity contribution is 6.36. The fraction of sp³-hybridized carbons (Fsp3) is 0.250. The van der Waals surface area contributed by atoms with Crippen molar-refractivity contribution < 1.29 is 9.47 Å². The fourth-order valence-corrected chi connectivity index (χ4v) is 3.04. The van der Waals surface area contributed by atoms with Gasteiger partial charge in [0.05, 0.1) is 34.9 Å². The molecule has 6 heteroatoms. The zero-order chi connectivity index (χ0) is 19.3. The van der Waals surface area contributed by atoms with Crippen molar-refractivity contribution in [3.8, 4) is 17.6 Å². The number of methoxy groups -OCH3 is 1. The lowest BCUT2D eigenvalue weighted by Crippen LogP contribution is -2.11. The zero-order valence-corrected chi connectivity index (χ0v) is 16.9. The van der Waals surface area contributed by atoms with E-state index in [4.69, 9.17) is 44.3 Å². The first-order valence-corrected chi connectivity index (χ1v) is 9.14. The number of hydrogen-bond acceptors (Lipinski definition) is 3. The van der Waals surface area contributed by atoms with Crippen molar-refractivity contribution in [2.24, 2.45) is 0 Å². The van der Waals surface area contributed by atoms with E-state index in [-0.39, 0.29) is 6.10 Å². The summed E-state index contributed by atoms with van der Waals surface area (Å²) in [4.78, 5) is 0. The number of halogens is 3. The SMILES string of the molecule is CC[C@H](C)Oc1c(Cl)cc(/C=C(/C#N)c2ccc(Cl)cc2Cl)cc1OC. The zero-order valence-electron chi connectivity index (χ0n) is 14.6. The van der Waals surface area contributed by atoms with E-state index in [2.05, 4.69) is 6.07 Å². The standard InChI is InChI=1S/C20H18Cl3NO2/c1-4-12(2)26-20-18(23)8-13(9-19(20)25-3)7-14(11-24)16-6-5-15(21)10-17(16)22/h5-10,12H,4H2,1-3H3/b14-7-/t12-/m0/s1. The van der Waals surface area contributed by atoms with Gasteiger partial charge in [-0.1, -0.05) is 47.8 Å². The van der Waals surface area contributed by atoms with Crippen molar-refractivity contribution in [3.63, 3.8) is 0 Å². The molecule has 26 heavy (non-hydrogen) atoms. The molecule has 0 aliphatic carbocycles. The molecule has 2 aromatic rings. The quantitative estimate of drug-likeness (QED) is 0.384. The molecular weight excluding hydrogens is 393 g/mol. The molecule has 0 saturated carbocycles. The van der Waals surface area contributed by atoms with Gasteiger partial charge in [-0.15, -0.1) is 0 Å². The molecule has 3 nitrogen and oxygen atoms in total. The molecule has 0 aliphatic rings. The Balaban J connectivity index is 2.48. The molecule has 1 atom stereocenters. The van der Waals surface area contributed by atoms with Crippen LogP contribution in [0.15, 0.2) is 30.3 Å². The Morgan fingerprint density at radius 2 is 1.92 bits per heavy atom. The second kappa shape index (κ2) is 9.19. The van der Waals surface area contributed by atoms with E-state index in [9.17, 15) is 5.26 Å². The van der Waals surface area contributed by atoms with Crippen LogP contribution in [0.4, 0.5) is 0 Å². The molecule has 0 unspecified atom stereocenters. The van der Waals surface area contributed by atoms with Gasteiger partial charge in [-0.3, -0.25) is 0 Å². The molecule has 0 amide bonds. The van der Waals surface area contributed by atoms with Gasteiger partial charge in [-0.25, -0.2) is 0 Å². The predicted octanol–water partition coefficient (Wildman–Crippen LogP) is 6.90. The molecule has 0 N–H and O–H groups in total. The number of hydrogen-bond donors (Lipinski definition) is 0. The van der Waals surface area contributed by atoms with Crippen molar-refractivity contribution in [2.45, 2.75) is 26.4 Å². The van der Waals surface area contributed by atoms with Gasteiger partial charge in [0, 0.05) is 10.6 Å². The number of ether oxygens (including phenoxy) is 2. The van der Waals surface area contributed by atoms with Crippen LogP contribution in [0.1, 0.15) is 31.4 Å². The molecule has 0 bridgehead atoms. The number of allylic oxidation sites excluding steroid dienone is 1. The molecule has 2 rings (SSSR count). The lowest BCUT2D eigenvalue weighted by molar-refractivity contribution is 0.208. The molecule has 0 aliphatic heterocycles. The van der Waals surface area contributed by atoms with Crippen molar-refractivity contribution in [2.75, 3.05) is 7.11 Å². The molecular formula is C20H18Cl3NO2. The first-order chi connectivity index (χ1) is 12.4. The van der Waals surface area contributed by atoms with Gasteiger partial charge in [0.1, 0.15) is 0 Å². The Morgan fingerprint density at radius 1 is 1.19 bits per heavy atom. The van der Waals surface area contributed by atoms with Crippen molar-refractivity contribution in [1.29, 1.82) is 5.26 Å². The summed E-state index contributed by atoms with van der Waals surface area (Å²) in [6.07, 6.45) is 2.54. The van der Waals surface area contributed by atoms with Crippen molar-refractivity contribution in [3.05, 3.63) is 56.5 Å². The maximum absolute atomic E-state index is 9.54. The minimum absolute atomic E-state index is 0.00494. The summed E-state index contributed by atoms with van der Waals surface area (Å²) in [5.74, 6) is 0.993. The Labute approximate surface area is 168 Å². The summed E-state index contributed by atoms with van der Waals surface area (Å²) in [7, 11) is 1.55. The highest BCUT2D eigenvalue weighted by Crippen LogP contribution is 2.38. The Morgan fingerprint density at radius 3 is 2.50 bits per heavy atom. The summed E-state index contributed by atoms with van der Waals surface area (Å²) in [5.41, 5.74) is 1.68. The van der Waals surface area contributed by atoms with Gasteiger partial charge >= 0.3 is 0 Å². The number of benzene rings is 2. The predicted molar refractivity (Wildman–Crippen MR) is 108 cm³/mol. The van der Waals surface area contributed by atoms with E-state index >= 15 is 0 Å². The second-order valence-electron chi connectivity index (χ2n) is 5.66. The third-order valence-corrected chi connectivity index (χ3v) is 4.63. The number of nitriles is 1. The first kappa shape index (κ1) is 20.5. The van der Waals surface area contributed by atoms with Crippen LogP contribution in [0.25, 0.3) is 11.6 Å². The summed E-state index contributed by atoms with van der Waals surface area (Å²) in [6.45, 7) is 3.98. The molecule has 0 spiro atoms. The topological polar surface area (TPSA) is 42.2 Å². The van der Waals surface area contributed by atoms with Gasteiger partial charge in [0.15, 0.2) is 11.5 Å². The smallest absolute Gasteiger partial charge is 0.180 e. The van der Waals surface area contributed by atoms with Gasteiger partial charge in [0.25, 0.3) is 0 Å². The average Bonchev–Trinajstić information content (AvgIpc) is 2.61. The summed E-state index contributed by atoms with van der Waals surface area (Å²) < 4.78 is 11.2. The molecule has 0 saturated heterocycles. The molecule has 2 aromatic carbocycles. The van der Waals surface area contributed by atoms with Crippen LogP contribution in [-0.2, 0) is 0 Å². The van der Waals surface area contributed by atoms with Crippen molar-refractivity contribution in [1.82, 2.24) is 0 Å². The Kier molecular flexibility index (Phi) is 7.23. The minimum atomic E-state index is 0.00494. The van der Waals surface area contributed by atoms with E-state index in [0.29, 0.717) is 43.3 Å². The Hall–Kier alpha value is -1.86. The normalized spacial score (nSPS) is 12.4. The largest absolute Gasteiger partial charge is 0.493 e. The van der Waals surface area contributed by atoms with Crippen LogP contribution >= 0.6 is 34.8 Å². The minimum Gasteiger partial charge on any atom is -0.493 e. The average molecular weight is 411 g/mol. The molecule has 0 radical (unpaired) electrons. The lowest BCUT2D eigenvalue weighted by atomic mass is 10.0. The van der Waals surface area contributed by atoms with Gasteiger partial charge in [-0.2, -0.15) is 5.26 Å². The highest BCUT2D eigenvalue weighted by atomic mass is 35.5. The lowest BCUT2D eigenvalue weighted by Gasteiger charge is -2.17. The second-order valence-corrected chi connectivity index (χ2v) is 6.92. The first-order valence-electron chi connectivity index (χ1n) is 8.01. The fourth-order valence-electron chi connectivity index (χ4n) is 2.27. The van der Waals surface area contributed by atoms with Gasteiger partial charge < -0.3 is 9.47 Å². The monoisotopic (exact) mass is 409 g/mol. The van der Waals surface area contributed by atoms with Crippen LogP contribution < -0.4 is 9.47 Å². The highest BCUT2D eigenvalue weighted by Gasteiger charge is 2.15. The van der Waals surface area contributed by atoms with E-state index in [1.165, 1.54) is 0 Å². The van der Waals surface area contributed by atoms with E-state index in [1.54, 1.807) is 43.5 Å². The van der Waals surface area contributed by atoms with Crippen LogP contribution in [0.5, 0.6) is 11.5 Å². The third kappa shape index (κ3) is 4.86. The molecule has 0 fully saturated rings.